The van der Waals surface area contributed by atoms with Crippen molar-refractivity contribution in [3.05, 3.63) is 75.6 Å². The highest BCUT2D eigenvalue weighted by Crippen LogP contribution is 2.33. The van der Waals surface area contributed by atoms with Gasteiger partial charge in [0.05, 0.1) is 17.3 Å². The zero-order valence-corrected chi connectivity index (χ0v) is 21.0. The molecule has 7 nitrogen and oxygen atoms in total. The molecule has 1 atom stereocenters. The third-order valence-electron chi connectivity index (χ3n) is 7.72. The fraction of sp³-hybridized carbons (Fsp3) is 0.379. The maximum absolute atomic E-state index is 13.5. The van der Waals surface area contributed by atoms with Gasteiger partial charge in [0.15, 0.2) is 0 Å². The largest absolute Gasteiger partial charge is 0.359 e. The molecule has 1 aliphatic heterocycles. The number of likely N-dealkylation sites (tertiary alicyclic amines) is 1. The minimum atomic E-state index is -0.0683. The van der Waals surface area contributed by atoms with Gasteiger partial charge >= 0.3 is 0 Å². The van der Waals surface area contributed by atoms with Gasteiger partial charge in [-0.25, -0.2) is 4.98 Å². The predicted molar refractivity (Wildman–Crippen MR) is 137 cm³/mol. The monoisotopic (exact) mass is 481 g/mol. The molecule has 2 amide bonds. The topological polar surface area (TPSA) is 102 Å². The summed E-state index contributed by atoms with van der Waals surface area (Å²) in [5.74, 6) is 1.21. The van der Waals surface area contributed by atoms with Crippen molar-refractivity contribution in [2.45, 2.75) is 45.4 Å². The highest BCUT2D eigenvalue weighted by molar-refractivity contribution is 5.97. The molecule has 1 fully saturated rings. The van der Waals surface area contributed by atoms with Crippen molar-refractivity contribution in [3.63, 3.8) is 0 Å². The Morgan fingerprint density at radius 1 is 1.08 bits per heavy atom. The van der Waals surface area contributed by atoms with E-state index in [4.69, 9.17) is 10.2 Å². The van der Waals surface area contributed by atoms with Crippen LogP contribution in [0.5, 0.6) is 0 Å². The molecule has 36 heavy (non-hydrogen) atoms. The Hall–Kier alpha value is -3.92. The van der Waals surface area contributed by atoms with Crippen LogP contribution < -0.4 is 5.32 Å². The van der Waals surface area contributed by atoms with Gasteiger partial charge < -0.3 is 15.2 Å². The first kappa shape index (κ1) is 23.8. The molecule has 0 radical (unpaired) electrons. The number of benzene rings is 2. The minimum absolute atomic E-state index is 0.0466. The molecule has 7 heteroatoms. The Morgan fingerprint density at radius 3 is 2.44 bits per heavy atom. The highest BCUT2D eigenvalue weighted by atomic mass is 16.2. The van der Waals surface area contributed by atoms with Gasteiger partial charge in [0.2, 0.25) is 5.91 Å². The molecule has 0 saturated carbocycles. The van der Waals surface area contributed by atoms with Crippen LogP contribution in [-0.2, 0) is 17.6 Å². The lowest BCUT2D eigenvalue weighted by molar-refractivity contribution is -0.124. The standard InChI is InChI=1S/C29H31N5O2/c1-17-12-18(2)24(15-23(17)27-32-25-13-22(28(35)31-3)14-26(25)33-27)29(36)34-10-8-21(9-11-34)20-6-4-19(16-30)5-7-20/h4-7,12,15,21-22H,8-11,13-14H2,1-3H3,(H,31,35)(H,32,33). The number of H-pyrrole nitrogens is 1. The number of amides is 2. The van der Waals surface area contributed by atoms with Crippen LogP contribution in [0.1, 0.15) is 62.8 Å². The van der Waals surface area contributed by atoms with Gasteiger partial charge in [-0.15, -0.1) is 0 Å². The summed E-state index contributed by atoms with van der Waals surface area (Å²) in [5, 5.41) is 11.8. The molecule has 5 rings (SSSR count). The van der Waals surface area contributed by atoms with Crippen molar-refractivity contribution >= 4 is 11.8 Å². The Kier molecular flexibility index (Phi) is 6.36. The van der Waals surface area contributed by atoms with Crippen LogP contribution in [0, 0.1) is 31.1 Å². The zero-order chi connectivity index (χ0) is 25.4. The number of nitriles is 1. The lowest BCUT2D eigenvalue weighted by atomic mass is 9.88. The average Bonchev–Trinajstić information content (AvgIpc) is 3.48. The molecule has 2 aliphatic rings. The maximum atomic E-state index is 13.5. The lowest BCUT2D eigenvalue weighted by Crippen LogP contribution is -2.38. The summed E-state index contributed by atoms with van der Waals surface area (Å²) in [6.07, 6.45) is 3.11. The SMILES string of the molecule is CNC(=O)C1Cc2nc(-c3cc(C(=O)N4CCC(c5ccc(C#N)cc5)CC4)c(C)cc3C)[nH]c2C1. The van der Waals surface area contributed by atoms with Gasteiger partial charge in [0, 0.05) is 55.7 Å². The summed E-state index contributed by atoms with van der Waals surface area (Å²) in [6.45, 7) is 5.45. The van der Waals surface area contributed by atoms with Crippen LogP contribution in [0.2, 0.25) is 0 Å². The first-order valence-electron chi connectivity index (χ1n) is 12.6. The van der Waals surface area contributed by atoms with Crippen LogP contribution >= 0.6 is 0 Å². The second kappa shape index (κ2) is 9.62. The highest BCUT2D eigenvalue weighted by Gasteiger charge is 2.31. The average molecular weight is 482 g/mol. The van der Waals surface area contributed by atoms with E-state index in [-0.39, 0.29) is 17.7 Å². The number of hydrogen-bond acceptors (Lipinski definition) is 4. The van der Waals surface area contributed by atoms with E-state index in [2.05, 4.69) is 22.4 Å². The summed E-state index contributed by atoms with van der Waals surface area (Å²) in [4.78, 5) is 35.7. The van der Waals surface area contributed by atoms with Crippen molar-refractivity contribution in [2.24, 2.45) is 5.92 Å². The number of piperidine rings is 1. The van der Waals surface area contributed by atoms with E-state index in [0.29, 0.717) is 43.0 Å². The number of imidazole rings is 1. The van der Waals surface area contributed by atoms with Gasteiger partial charge in [0.25, 0.3) is 5.91 Å². The molecule has 0 spiro atoms. The minimum Gasteiger partial charge on any atom is -0.359 e. The number of nitrogens with zero attached hydrogens (tertiary/aromatic N) is 3. The van der Waals surface area contributed by atoms with Crippen molar-refractivity contribution < 1.29 is 9.59 Å². The number of aryl methyl sites for hydroxylation is 2. The molecule has 1 saturated heterocycles. The molecular weight excluding hydrogens is 450 g/mol. The van der Waals surface area contributed by atoms with Gasteiger partial charge in [-0.1, -0.05) is 18.2 Å². The first-order valence-corrected chi connectivity index (χ1v) is 12.6. The van der Waals surface area contributed by atoms with Crippen LogP contribution in [0.4, 0.5) is 0 Å². The molecule has 3 aromatic rings. The summed E-state index contributed by atoms with van der Waals surface area (Å²) in [7, 11) is 1.66. The van der Waals surface area contributed by atoms with Crippen LogP contribution in [-0.4, -0.2) is 46.8 Å². The summed E-state index contributed by atoms with van der Waals surface area (Å²) >= 11 is 0. The van der Waals surface area contributed by atoms with Crippen LogP contribution in [0.15, 0.2) is 36.4 Å². The second-order valence-corrected chi connectivity index (χ2v) is 10.0. The lowest BCUT2D eigenvalue weighted by Gasteiger charge is -2.32. The molecule has 2 N–H and O–H groups in total. The molecular formula is C29H31N5O2. The summed E-state index contributed by atoms with van der Waals surface area (Å²) in [5.41, 5.74) is 7.54. The fourth-order valence-electron chi connectivity index (χ4n) is 5.61. The Labute approximate surface area is 211 Å². The van der Waals surface area contributed by atoms with Crippen LogP contribution in [0.3, 0.4) is 0 Å². The van der Waals surface area contributed by atoms with E-state index in [9.17, 15) is 9.59 Å². The Bertz CT molecular complexity index is 1330. The number of aromatic nitrogens is 2. The van der Waals surface area contributed by atoms with E-state index >= 15 is 0 Å². The quantitative estimate of drug-likeness (QED) is 0.587. The molecule has 1 aliphatic carbocycles. The van der Waals surface area contributed by atoms with Gasteiger partial charge in [0.1, 0.15) is 5.82 Å². The van der Waals surface area contributed by atoms with Crippen molar-refractivity contribution in [1.29, 1.82) is 5.26 Å². The Balaban J connectivity index is 1.31. The van der Waals surface area contributed by atoms with Crippen molar-refractivity contribution in [1.82, 2.24) is 20.2 Å². The summed E-state index contributed by atoms with van der Waals surface area (Å²) in [6, 6.07) is 14.0. The number of carbonyl (C=O) groups excluding carboxylic acids is 2. The normalized spacial score (nSPS) is 16.0. The molecule has 0 bridgehead atoms. The van der Waals surface area contributed by atoms with E-state index in [1.807, 2.05) is 49.1 Å². The van der Waals surface area contributed by atoms with Crippen molar-refractivity contribution in [3.8, 4) is 17.5 Å². The first-order chi connectivity index (χ1) is 17.4. The number of hydrogen-bond donors (Lipinski definition) is 2. The number of nitrogens with one attached hydrogen (secondary N) is 2. The molecule has 2 aromatic carbocycles. The van der Waals surface area contributed by atoms with E-state index in [0.717, 1.165) is 46.7 Å². The van der Waals surface area contributed by atoms with E-state index in [1.54, 1.807) is 7.05 Å². The van der Waals surface area contributed by atoms with E-state index < -0.39 is 0 Å². The van der Waals surface area contributed by atoms with Gasteiger partial charge in [-0.2, -0.15) is 5.26 Å². The van der Waals surface area contributed by atoms with Gasteiger partial charge in [-0.05, 0) is 67.5 Å². The predicted octanol–water partition coefficient (Wildman–Crippen LogP) is 4.05. The summed E-state index contributed by atoms with van der Waals surface area (Å²) < 4.78 is 0. The van der Waals surface area contributed by atoms with E-state index in [1.165, 1.54) is 5.56 Å². The van der Waals surface area contributed by atoms with Crippen molar-refractivity contribution in [2.75, 3.05) is 20.1 Å². The number of rotatable bonds is 4. The third-order valence-corrected chi connectivity index (χ3v) is 7.72. The molecule has 184 valence electrons. The molecule has 1 aromatic heterocycles. The number of fused-ring (bicyclic) bond motifs is 1. The smallest absolute Gasteiger partial charge is 0.254 e. The zero-order valence-electron chi connectivity index (χ0n) is 21.0. The Morgan fingerprint density at radius 2 is 1.81 bits per heavy atom. The maximum Gasteiger partial charge on any atom is 0.254 e. The van der Waals surface area contributed by atoms with Crippen LogP contribution in [0.25, 0.3) is 11.4 Å². The fourth-order valence-corrected chi connectivity index (χ4v) is 5.61. The second-order valence-electron chi connectivity index (χ2n) is 10.0. The number of carbonyl (C=O) groups is 2. The number of aromatic amines is 1. The van der Waals surface area contributed by atoms with Gasteiger partial charge in [-0.3, -0.25) is 9.59 Å². The molecule has 1 unspecified atom stereocenters. The third kappa shape index (κ3) is 4.39. The molecule has 2 heterocycles.